The Hall–Kier alpha value is -2.47. The quantitative estimate of drug-likeness (QED) is 0.669. The van der Waals surface area contributed by atoms with Crippen LogP contribution < -0.4 is 5.32 Å². The standard InChI is InChI=1S/C18H17NO4S/c1-3-15-10(2)6-16(24-15)18(22)23-9-14(20)11-4-5-13-12(7-11)8-17(21)19-13/h4-7H,3,8-9H2,1-2H3,(H,19,21). The number of Topliss-reactive ketones (excluding diaryl/α,β-unsaturated/α-hetero) is 1. The summed E-state index contributed by atoms with van der Waals surface area (Å²) in [5.41, 5.74) is 3.03. The number of anilines is 1. The summed E-state index contributed by atoms with van der Waals surface area (Å²) in [6.07, 6.45) is 1.13. The molecule has 6 heteroatoms. The topological polar surface area (TPSA) is 72.5 Å². The van der Waals surface area contributed by atoms with Crippen molar-refractivity contribution in [2.24, 2.45) is 0 Å². The highest BCUT2D eigenvalue weighted by Gasteiger charge is 2.20. The first kappa shape index (κ1) is 16.4. The molecule has 5 nitrogen and oxygen atoms in total. The number of carbonyl (C=O) groups excluding carboxylic acids is 3. The van der Waals surface area contributed by atoms with Gasteiger partial charge in [-0.2, -0.15) is 0 Å². The Morgan fingerprint density at radius 3 is 2.79 bits per heavy atom. The van der Waals surface area contributed by atoms with Gasteiger partial charge in [-0.25, -0.2) is 4.79 Å². The molecule has 0 saturated heterocycles. The van der Waals surface area contributed by atoms with Gasteiger partial charge in [-0.1, -0.05) is 6.92 Å². The van der Waals surface area contributed by atoms with Crippen LogP contribution in [0.4, 0.5) is 5.69 Å². The van der Waals surface area contributed by atoms with Crippen LogP contribution in [-0.2, 0) is 22.4 Å². The number of rotatable bonds is 5. The molecule has 1 amide bonds. The fourth-order valence-corrected chi connectivity index (χ4v) is 3.67. The molecule has 0 saturated carbocycles. The molecular weight excluding hydrogens is 326 g/mol. The fraction of sp³-hybridized carbons (Fsp3) is 0.278. The average Bonchev–Trinajstić information content (AvgIpc) is 3.12. The van der Waals surface area contributed by atoms with Crippen molar-refractivity contribution >= 4 is 34.7 Å². The molecule has 1 aromatic carbocycles. The molecule has 1 aliphatic rings. The molecule has 24 heavy (non-hydrogen) atoms. The second kappa shape index (κ2) is 6.57. The number of hydrogen-bond acceptors (Lipinski definition) is 5. The van der Waals surface area contributed by atoms with Gasteiger partial charge in [-0.15, -0.1) is 11.3 Å². The minimum Gasteiger partial charge on any atom is -0.453 e. The van der Waals surface area contributed by atoms with Crippen LogP contribution in [0.1, 0.15) is 43.0 Å². The fourth-order valence-electron chi connectivity index (χ4n) is 2.66. The van der Waals surface area contributed by atoms with Crippen LogP contribution in [-0.4, -0.2) is 24.3 Å². The van der Waals surface area contributed by atoms with Crippen LogP contribution in [0.15, 0.2) is 24.3 Å². The van der Waals surface area contributed by atoms with Gasteiger partial charge in [0, 0.05) is 16.1 Å². The van der Waals surface area contributed by atoms with E-state index < -0.39 is 5.97 Å². The number of amides is 1. The lowest BCUT2D eigenvalue weighted by Gasteiger charge is -2.05. The number of benzene rings is 1. The summed E-state index contributed by atoms with van der Waals surface area (Å²) in [6.45, 7) is 3.68. The molecule has 1 aliphatic heterocycles. The van der Waals surface area contributed by atoms with Gasteiger partial charge in [0.25, 0.3) is 0 Å². The number of nitrogens with one attached hydrogen (secondary N) is 1. The van der Waals surface area contributed by atoms with Gasteiger partial charge >= 0.3 is 5.97 Å². The molecule has 0 radical (unpaired) electrons. The Kier molecular flexibility index (Phi) is 4.49. The molecule has 0 aliphatic carbocycles. The smallest absolute Gasteiger partial charge is 0.348 e. The Morgan fingerprint density at radius 1 is 1.29 bits per heavy atom. The number of ether oxygens (including phenoxy) is 1. The summed E-state index contributed by atoms with van der Waals surface area (Å²) in [5, 5.41) is 2.71. The van der Waals surface area contributed by atoms with Gasteiger partial charge < -0.3 is 10.1 Å². The number of fused-ring (bicyclic) bond motifs is 1. The van der Waals surface area contributed by atoms with Crippen LogP contribution in [0.25, 0.3) is 0 Å². The van der Waals surface area contributed by atoms with Crippen LogP contribution in [0, 0.1) is 6.92 Å². The van der Waals surface area contributed by atoms with Crippen molar-refractivity contribution in [1.82, 2.24) is 0 Å². The summed E-state index contributed by atoms with van der Waals surface area (Å²) in [6, 6.07) is 6.80. The maximum atomic E-state index is 12.2. The van der Waals surface area contributed by atoms with Gasteiger partial charge in [0.1, 0.15) is 4.88 Å². The summed E-state index contributed by atoms with van der Waals surface area (Å²) in [4.78, 5) is 37.3. The summed E-state index contributed by atoms with van der Waals surface area (Å²) < 4.78 is 5.14. The maximum absolute atomic E-state index is 12.2. The number of esters is 1. The van der Waals surface area contributed by atoms with Crippen molar-refractivity contribution < 1.29 is 19.1 Å². The number of thiophene rings is 1. The Bertz CT molecular complexity index is 838. The van der Waals surface area contributed by atoms with E-state index in [2.05, 4.69) is 5.32 Å². The minimum absolute atomic E-state index is 0.0826. The first-order chi connectivity index (χ1) is 11.5. The molecule has 0 fully saturated rings. The summed E-state index contributed by atoms with van der Waals surface area (Å²) in [5.74, 6) is -0.843. The highest BCUT2D eigenvalue weighted by molar-refractivity contribution is 7.14. The van der Waals surface area contributed by atoms with E-state index in [0.717, 1.165) is 28.1 Å². The maximum Gasteiger partial charge on any atom is 0.348 e. The number of hydrogen-bond donors (Lipinski definition) is 1. The van der Waals surface area contributed by atoms with E-state index in [9.17, 15) is 14.4 Å². The first-order valence-electron chi connectivity index (χ1n) is 7.70. The Morgan fingerprint density at radius 2 is 2.08 bits per heavy atom. The van der Waals surface area contributed by atoms with Gasteiger partial charge in [-0.05, 0) is 48.7 Å². The molecule has 3 rings (SSSR count). The van der Waals surface area contributed by atoms with Crippen molar-refractivity contribution in [1.29, 1.82) is 0 Å². The monoisotopic (exact) mass is 343 g/mol. The molecule has 0 bridgehead atoms. The molecule has 124 valence electrons. The third-order valence-electron chi connectivity index (χ3n) is 3.93. The number of carbonyl (C=O) groups is 3. The normalized spacial score (nSPS) is 12.7. The third-order valence-corrected chi connectivity index (χ3v) is 5.29. The molecule has 1 N–H and O–H groups in total. The predicted octanol–water partition coefficient (Wildman–Crippen LogP) is 3.15. The zero-order chi connectivity index (χ0) is 17.3. The van der Waals surface area contributed by atoms with E-state index in [0.29, 0.717) is 10.4 Å². The summed E-state index contributed by atoms with van der Waals surface area (Å²) >= 11 is 1.40. The molecule has 0 unspecified atom stereocenters. The van der Waals surface area contributed by atoms with Crippen LogP contribution >= 0.6 is 11.3 Å². The SMILES string of the molecule is CCc1sc(C(=O)OCC(=O)c2ccc3c(c2)CC(=O)N3)cc1C. The van der Waals surface area contributed by atoms with Crippen molar-refractivity contribution in [2.75, 3.05) is 11.9 Å². The van der Waals surface area contributed by atoms with Crippen molar-refractivity contribution in [2.45, 2.75) is 26.7 Å². The van der Waals surface area contributed by atoms with Crippen molar-refractivity contribution in [3.8, 4) is 0 Å². The molecule has 0 spiro atoms. The highest BCUT2D eigenvalue weighted by Crippen LogP contribution is 2.25. The highest BCUT2D eigenvalue weighted by atomic mass is 32.1. The first-order valence-corrected chi connectivity index (χ1v) is 8.52. The van der Waals surface area contributed by atoms with Crippen LogP contribution in [0.2, 0.25) is 0 Å². The minimum atomic E-state index is -0.478. The number of ketones is 1. The molecular formula is C18H17NO4S. The Labute approximate surface area is 143 Å². The van der Waals surface area contributed by atoms with E-state index in [1.54, 1.807) is 24.3 Å². The van der Waals surface area contributed by atoms with Crippen LogP contribution in [0.3, 0.4) is 0 Å². The number of aryl methyl sites for hydroxylation is 2. The van der Waals surface area contributed by atoms with E-state index in [1.165, 1.54) is 11.3 Å². The Balaban J connectivity index is 1.64. The van der Waals surface area contributed by atoms with E-state index in [1.807, 2.05) is 13.8 Å². The van der Waals surface area contributed by atoms with Crippen LogP contribution in [0.5, 0.6) is 0 Å². The van der Waals surface area contributed by atoms with E-state index >= 15 is 0 Å². The van der Waals surface area contributed by atoms with Gasteiger partial charge in [-0.3, -0.25) is 9.59 Å². The largest absolute Gasteiger partial charge is 0.453 e. The lowest BCUT2D eigenvalue weighted by atomic mass is 10.1. The molecule has 0 atom stereocenters. The van der Waals surface area contributed by atoms with Crippen molar-refractivity contribution in [3.63, 3.8) is 0 Å². The predicted molar refractivity (Wildman–Crippen MR) is 91.8 cm³/mol. The molecule has 2 heterocycles. The third kappa shape index (κ3) is 3.23. The average molecular weight is 343 g/mol. The lowest BCUT2D eigenvalue weighted by molar-refractivity contribution is -0.115. The van der Waals surface area contributed by atoms with Gasteiger partial charge in [0.05, 0.1) is 6.42 Å². The van der Waals surface area contributed by atoms with Gasteiger partial charge in [0.15, 0.2) is 12.4 Å². The van der Waals surface area contributed by atoms with E-state index in [4.69, 9.17) is 4.74 Å². The molecule has 1 aromatic heterocycles. The second-order valence-corrected chi connectivity index (χ2v) is 6.80. The zero-order valence-corrected chi connectivity index (χ0v) is 14.3. The lowest BCUT2D eigenvalue weighted by Crippen LogP contribution is -2.13. The molecule has 2 aromatic rings. The zero-order valence-electron chi connectivity index (χ0n) is 13.5. The van der Waals surface area contributed by atoms with Crippen molar-refractivity contribution in [3.05, 3.63) is 50.7 Å². The summed E-state index contributed by atoms with van der Waals surface area (Å²) in [7, 11) is 0. The second-order valence-electron chi connectivity index (χ2n) is 5.67. The van der Waals surface area contributed by atoms with E-state index in [-0.39, 0.29) is 24.7 Å². The van der Waals surface area contributed by atoms with Gasteiger partial charge in [0.2, 0.25) is 5.91 Å².